The Balaban J connectivity index is 1.38. The van der Waals surface area contributed by atoms with Gasteiger partial charge in [0.25, 0.3) is 0 Å². The summed E-state index contributed by atoms with van der Waals surface area (Å²) >= 11 is 0. The lowest BCUT2D eigenvalue weighted by atomic mass is 10.1. The molecule has 0 aliphatic rings. The third-order valence-electron chi connectivity index (χ3n) is 7.16. The van der Waals surface area contributed by atoms with E-state index in [0.717, 1.165) is 5.56 Å². The second-order valence-corrected chi connectivity index (χ2v) is 11.2. The lowest BCUT2D eigenvalue weighted by Crippen LogP contribution is -2.21. The van der Waals surface area contributed by atoms with Gasteiger partial charge in [-0.25, -0.2) is 28.8 Å². The maximum atomic E-state index is 13.1. The van der Waals surface area contributed by atoms with Crippen molar-refractivity contribution in [1.29, 1.82) is 0 Å². The van der Waals surface area contributed by atoms with Gasteiger partial charge in [0, 0.05) is 24.0 Å². The zero-order chi connectivity index (χ0) is 38.9. The molecule has 4 aromatic rings. The summed E-state index contributed by atoms with van der Waals surface area (Å²) in [5, 5.41) is 5.17. The molecule has 278 valence electrons. The number of terminal acetylenes is 1. The molecule has 0 aliphatic heterocycles. The highest BCUT2D eigenvalue weighted by Gasteiger charge is 2.18. The summed E-state index contributed by atoms with van der Waals surface area (Å²) in [6.45, 7) is 0.812. The molecule has 2 N–H and O–H groups in total. The average molecular weight is 737 g/mol. The fraction of sp³-hybridized carbons (Fsp3) is 0.200. The fourth-order valence-electron chi connectivity index (χ4n) is 4.63. The van der Waals surface area contributed by atoms with Crippen molar-refractivity contribution in [3.05, 3.63) is 130 Å². The Morgan fingerprint density at radius 3 is 1.44 bits per heavy atom. The Kier molecular flexibility index (Phi) is 14.9. The lowest BCUT2D eigenvalue weighted by Gasteiger charge is -2.12. The normalized spacial score (nSPS) is 10.2. The number of carbonyl (C=O) groups excluding carboxylic acids is 6. The van der Waals surface area contributed by atoms with Crippen molar-refractivity contribution in [2.24, 2.45) is 0 Å². The number of amides is 2. The van der Waals surface area contributed by atoms with Gasteiger partial charge in [-0.15, -0.1) is 6.42 Å². The van der Waals surface area contributed by atoms with Crippen LogP contribution in [0.4, 0.5) is 16.2 Å². The highest BCUT2D eigenvalue weighted by Crippen LogP contribution is 2.19. The van der Waals surface area contributed by atoms with Gasteiger partial charge >= 0.3 is 35.9 Å². The zero-order valence-electron chi connectivity index (χ0n) is 29.4. The van der Waals surface area contributed by atoms with E-state index in [9.17, 15) is 28.8 Å². The van der Waals surface area contributed by atoms with Gasteiger partial charge in [-0.3, -0.25) is 0 Å². The van der Waals surface area contributed by atoms with E-state index in [-0.39, 0.29) is 67.6 Å². The molecular formula is C40H36N2O12. The number of carbonyl (C=O) groups is 6. The molecular weight excluding hydrogens is 700 g/mol. The van der Waals surface area contributed by atoms with Crippen LogP contribution in [0.1, 0.15) is 62.9 Å². The third-order valence-corrected chi connectivity index (χ3v) is 7.16. The van der Waals surface area contributed by atoms with E-state index >= 15 is 0 Å². The standard InChI is InChI=1S/C40H36N2O12/c1-4-27-9-6-13-33(21-27)41-40(48)42-34-24-31(38(46)53-18-16-51-35(43)28-10-5-8-26(2)20-28)23-32(25-34)39(47)54-19-17-52-37(45)30-12-7-11-29(22-30)36(44)50-15-14-49-3/h1,5-13,20-25H,14-19H2,2-3H3,(H2,41,42,48). The van der Waals surface area contributed by atoms with Crippen molar-refractivity contribution in [2.45, 2.75) is 6.92 Å². The van der Waals surface area contributed by atoms with Gasteiger partial charge in [-0.05, 0) is 73.7 Å². The van der Waals surface area contributed by atoms with Crippen LogP contribution in [0, 0.1) is 19.3 Å². The van der Waals surface area contributed by atoms with E-state index in [0.29, 0.717) is 16.8 Å². The molecule has 14 heteroatoms. The van der Waals surface area contributed by atoms with Crippen LogP contribution in [0.15, 0.2) is 91.0 Å². The first-order valence-corrected chi connectivity index (χ1v) is 16.4. The molecule has 0 saturated heterocycles. The molecule has 0 heterocycles. The minimum Gasteiger partial charge on any atom is -0.460 e. The molecule has 2 amide bonds. The molecule has 0 atom stereocenters. The van der Waals surface area contributed by atoms with Crippen LogP contribution >= 0.6 is 0 Å². The van der Waals surface area contributed by atoms with Crippen LogP contribution in [0.25, 0.3) is 0 Å². The molecule has 0 spiro atoms. The quantitative estimate of drug-likeness (QED) is 0.0643. The average Bonchev–Trinajstić information content (AvgIpc) is 3.17. The number of methoxy groups -OCH3 is 1. The second-order valence-electron chi connectivity index (χ2n) is 11.2. The molecule has 0 unspecified atom stereocenters. The van der Waals surface area contributed by atoms with Crippen LogP contribution in [0.5, 0.6) is 0 Å². The number of hydrogen-bond acceptors (Lipinski definition) is 12. The second kappa shape index (κ2) is 20.2. The smallest absolute Gasteiger partial charge is 0.338 e. The molecule has 54 heavy (non-hydrogen) atoms. The summed E-state index contributed by atoms with van der Waals surface area (Å²) in [5.74, 6) is -1.36. The molecule has 4 rings (SSSR count). The third kappa shape index (κ3) is 12.4. The van der Waals surface area contributed by atoms with Gasteiger partial charge in [-0.2, -0.15) is 0 Å². The van der Waals surface area contributed by atoms with E-state index in [1.54, 1.807) is 42.5 Å². The molecule has 0 bridgehead atoms. The monoisotopic (exact) mass is 736 g/mol. The number of benzene rings is 4. The number of rotatable bonds is 16. The molecule has 0 radical (unpaired) electrons. The SMILES string of the molecule is C#Cc1cccc(NC(=O)Nc2cc(C(=O)OCCOC(=O)c3cccc(C)c3)cc(C(=O)OCCOC(=O)c3cccc(C(=O)OCCOC)c3)c2)c1. The Morgan fingerprint density at radius 1 is 0.519 bits per heavy atom. The van der Waals surface area contributed by atoms with Crippen molar-refractivity contribution in [3.8, 4) is 12.3 Å². The number of esters is 5. The largest absolute Gasteiger partial charge is 0.460 e. The van der Waals surface area contributed by atoms with Crippen LogP contribution < -0.4 is 10.6 Å². The summed E-state index contributed by atoms with van der Waals surface area (Å²) in [6.07, 6.45) is 5.44. The number of aryl methyl sites for hydroxylation is 1. The lowest BCUT2D eigenvalue weighted by molar-refractivity contribution is 0.0260. The Morgan fingerprint density at radius 2 is 0.944 bits per heavy atom. The molecule has 0 fully saturated rings. The number of nitrogens with one attached hydrogen (secondary N) is 2. The van der Waals surface area contributed by atoms with Crippen LogP contribution in [-0.2, 0) is 28.4 Å². The fourth-order valence-corrected chi connectivity index (χ4v) is 4.63. The Labute approximate surface area is 310 Å². The van der Waals surface area contributed by atoms with E-state index in [1.807, 2.05) is 13.0 Å². The van der Waals surface area contributed by atoms with Crippen molar-refractivity contribution < 1.29 is 57.2 Å². The minimum absolute atomic E-state index is 0.0277. The van der Waals surface area contributed by atoms with Crippen molar-refractivity contribution in [1.82, 2.24) is 0 Å². The van der Waals surface area contributed by atoms with Crippen molar-refractivity contribution in [3.63, 3.8) is 0 Å². The maximum absolute atomic E-state index is 13.1. The van der Waals surface area contributed by atoms with E-state index in [2.05, 4.69) is 16.6 Å². The predicted molar refractivity (Wildman–Crippen MR) is 194 cm³/mol. The molecule has 14 nitrogen and oxygen atoms in total. The summed E-state index contributed by atoms with van der Waals surface area (Å²) in [4.78, 5) is 76.0. The first kappa shape index (κ1) is 39.8. The summed E-state index contributed by atoms with van der Waals surface area (Å²) < 4.78 is 30.8. The first-order chi connectivity index (χ1) is 26.1. The minimum atomic E-state index is -0.918. The van der Waals surface area contributed by atoms with Gasteiger partial charge in [0.15, 0.2) is 0 Å². The number of anilines is 2. The van der Waals surface area contributed by atoms with Crippen molar-refractivity contribution >= 4 is 47.3 Å². The van der Waals surface area contributed by atoms with E-state index < -0.39 is 35.9 Å². The van der Waals surface area contributed by atoms with Gasteiger partial charge < -0.3 is 39.1 Å². The predicted octanol–water partition coefficient (Wildman–Crippen LogP) is 5.45. The van der Waals surface area contributed by atoms with Gasteiger partial charge in [0.05, 0.1) is 34.4 Å². The Hall–Kier alpha value is -6.98. The van der Waals surface area contributed by atoms with Crippen LogP contribution in [0.2, 0.25) is 0 Å². The van der Waals surface area contributed by atoms with Crippen LogP contribution in [0.3, 0.4) is 0 Å². The van der Waals surface area contributed by atoms with Gasteiger partial charge in [-0.1, -0.05) is 35.7 Å². The first-order valence-electron chi connectivity index (χ1n) is 16.4. The summed E-state index contributed by atoms with van der Waals surface area (Å²) in [5.41, 5.74) is 2.08. The Bertz CT molecular complexity index is 2050. The number of ether oxygens (including phenoxy) is 6. The molecule has 0 aromatic heterocycles. The molecule has 0 saturated carbocycles. The summed E-state index contributed by atoms with van der Waals surface area (Å²) in [7, 11) is 1.47. The van der Waals surface area contributed by atoms with Crippen LogP contribution in [-0.4, -0.2) is 82.6 Å². The zero-order valence-corrected chi connectivity index (χ0v) is 29.4. The summed E-state index contributed by atoms with van der Waals surface area (Å²) in [6, 6.07) is 22.0. The number of urea groups is 1. The molecule has 4 aromatic carbocycles. The van der Waals surface area contributed by atoms with E-state index in [4.69, 9.17) is 34.8 Å². The van der Waals surface area contributed by atoms with Gasteiger partial charge in [0.2, 0.25) is 0 Å². The van der Waals surface area contributed by atoms with Gasteiger partial charge in [0.1, 0.15) is 33.0 Å². The van der Waals surface area contributed by atoms with E-state index in [1.165, 1.54) is 49.6 Å². The topological polar surface area (TPSA) is 182 Å². The number of hydrogen-bond donors (Lipinski definition) is 2. The highest BCUT2D eigenvalue weighted by molar-refractivity contribution is 6.03. The molecule has 0 aliphatic carbocycles. The van der Waals surface area contributed by atoms with Crippen molar-refractivity contribution in [2.75, 3.05) is 57.4 Å². The highest BCUT2D eigenvalue weighted by atomic mass is 16.6. The maximum Gasteiger partial charge on any atom is 0.338 e.